The first-order chi connectivity index (χ1) is 11.3. The summed E-state index contributed by atoms with van der Waals surface area (Å²) in [5, 5.41) is 3.78. The molecule has 130 valence electrons. The normalized spacial score (nSPS) is 12.4. The van der Waals surface area contributed by atoms with Gasteiger partial charge in [0.2, 0.25) is 0 Å². The highest BCUT2D eigenvalue weighted by molar-refractivity contribution is 5.81. The van der Waals surface area contributed by atoms with E-state index in [-0.39, 0.29) is 18.6 Å². The molecule has 0 aliphatic carbocycles. The average Bonchev–Trinajstić information content (AvgIpc) is 2.50. The van der Waals surface area contributed by atoms with E-state index in [1.807, 2.05) is 19.9 Å². The predicted molar refractivity (Wildman–Crippen MR) is 94.4 cm³/mol. The van der Waals surface area contributed by atoms with Crippen molar-refractivity contribution in [3.05, 3.63) is 40.2 Å². The van der Waals surface area contributed by atoms with Crippen LogP contribution in [0.4, 0.5) is 0 Å². The maximum Gasteiger partial charge on any atom is 0.336 e. The number of rotatable bonds is 7. The minimum absolute atomic E-state index is 0.0619. The summed E-state index contributed by atoms with van der Waals surface area (Å²) in [6.07, 6.45) is 2.02. The van der Waals surface area contributed by atoms with Gasteiger partial charge in [-0.25, -0.2) is 4.79 Å². The topological polar surface area (TPSA) is 68.5 Å². The summed E-state index contributed by atoms with van der Waals surface area (Å²) in [6.45, 7) is 8.11. The zero-order valence-corrected chi connectivity index (χ0v) is 14.7. The molecule has 1 unspecified atom stereocenters. The van der Waals surface area contributed by atoms with Gasteiger partial charge in [-0.2, -0.15) is 0 Å². The van der Waals surface area contributed by atoms with Crippen molar-refractivity contribution in [2.24, 2.45) is 5.92 Å². The molecule has 24 heavy (non-hydrogen) atoms. The van der Waals surface area contributed by atoms with Crippen molar-refractivity contribution in [2.75, 3.05) is 6.61 Å². The van der Waals surface area contributed by atoms with Gasteiger partial charge >= 0.3 is 5.63 Å². The van der Waals surface area contributed by atoms with Gasteiger partial charge < -0.3 is 14.5 Å². The Morgan fingerprint density at radius 1 is 1.21 bits per heavy atom. The molecule has 0 aliphatic heterocycles. The van der Waals surface area contributed by atoms with Crippen molar-refractivity contribution < 1.29 is 13.9 Å². The number of hydrogen-bond donors (Lipinski definition) is 1. The molecule has 1 aromatic carbocycles. The van der Waals surface area contributed by atoms with E-state index in [0.29, 0.717) is 17.3 Å². The molecule has 1 amide bonds. The lowest BCUT2D eigenvalue weighted by Gasteiger charge is -2.15. The summed E-state index contributed by atoms with van der Waals surface area (Å²) in [6, 6.07) is 6.81. The molecule has 0 radical (unpaired) electrons. The number of nitrogens with one attached hydrogen (secondary N) is 1. The monoisotopic (exact) mass is 331 g/mol. The van der Waals surface area contributed by atoms with E-state index in [1.54, 1.807) is 12.1 Å². The Balaban J connectivity index is 1.93. The van der Waals surface area contributed by atoms with Gasteiger partial charge in [-0.15, -0.1) is 0 Å². The average molecular weight is 331 g/mol. The molecule has 0 saturated heterocycles. The fourth-order valence-electron chi connectivity index (χ4n) is 2.52. The lowest BCUT2D eigenvalue weighted by molar-refractivity contribution is -0.123. The molecule has 1 atom stereocenters. The fraction of sp³-hybridized carbons (Fsp3) is 0.474. The third-order valence-corrected chi connectivity index (χ3v) is 3.88. The molecule has 1 N–H and O–H groups in total. The maximum atomic E-state index is 11.9. The molecule has 0 spiro atoms. The minimum Gasteiger partial charge on any atom is -0.484 e. The molecule has 1 heterocycles. The Bertz CT molecular complexity index is 764. The van der Waals surface area contributed by atoms with Gasteiger partial charge in [0.05, 0.1) is 0 Å². The van der Waals surface area contributed by atoms with Crippen LogP contribution in [-0.4, -0.2) is 18.6 Å². The lowest BCUT2D eigenvalue weighted by Crippen LogP contribution is -2.36. The Hall–Kier alpha value is -2.30. The number of ether oxygens (including phenoxy) is 1. The number of aryl methyl sites for hydroxylation is 1. The smallest absolute Gasteiger partial charge is 0.336 e. The van der Waals surface area contributed by atoms with Crippen LogP contribution in [0.3, 0.4) is 0 Å². The number of amides is 1. The first kappa shape index (κ1) is 18.0. The summed E-state index contributed by atoms with van der Waals surface area (Å²) in [7, 11) is 0. The molecule has 0 saturated carbocycles. The van der Waals surface area contributed by atoms with E-state index in [0.717, 1.165) is 23.8 Å². The standard InChI is InChI=1S/C19H25NO4/c1-12(2)5-6-14(4)20-18(21)11-23-15-7-8-16-13(3)9-19(22)24-17(16)10-15/h7-10,12,14H,5-6,11H2,1-4H3,(H,20,21). The van der Waals surface area contributed by atoms with Gasteiger partial charge in [0.25, 0.3) is 5.91 Å². The van der Waals surface area contributed by atoms with Crippen LogP contribution in [0, 0.1) is 12.8 Å². The van der Waals surface area contributed by atoms with Crippen molar-refractivity contribution in [3.8, 4) is 5.75 Å². The number of carbonyl (C=O) groups is 1. The molecule has 5 heteroatoms. The highest BCUT2D eigenvalue weighted by Gasteiger charge is 2.10. The van der Waals surface area contributed by atoms with Gasteiger partial charge in [-0.05, 0) is 50.3 Å². The van der Waals surface area contributed by atoms with Gasteiger partial charge in [-0.1, -0.05) is 13.8 Å². The highest BCUT2D eigenvalue weighted by Crippen LogP contribution is 2.22. The van der Waals surface area contributed by atoms with Crippen LogP contribution in [0.1, 0.15) is 39.2 Å². The molecular formula is C19H25NO4. The quantitative estimate of drug-likeness (QED) is 0.789. The second kappa shape index (κ2) is 7.99. The minimum atomic E-state index is -0.395. The van der Waals surface area contributed by atoms with Crippen molar-refractivity contribution >= 4 is 16.9 Å². The summed E-state index contributed by atoms with van der Waals surface area (Å²) in [5.74, 6) is 0.967. The summed E-state index contributed by atoms with van der Waals surface area (Å²) >= 11 is 0. The van der Waals surface area contributed by atoms with Crippen LogP contribution in [-0.2, 0) is 4.79 Å². The Morgan fingerprint density at radius 2 is 1.96 bits per heavy atom. The van der Waals surface area contributed by atoms with Gasteiger partial charge in [0.15, 0.2) is 6.61 Å². The molecule has 0 bridgehead atoms. The van der Waals surface area contributed by atoms with E-state index < -0.39 is 5.63 Å². The highest BCUT2D eigenvalue weighted by atomic mass is 16.5. The molecule has 1 aromatic heterocycles. The molecule has 0 aliphatic rings. The zero-order chi connectivity index (χ0) is 17.7. The predicted octanol–water partition coefficient (Wildman–Crippen LogP) is 3.42. The first-order valence-electron chi connectivity index (χ1n) is 8.32. The third kappa shape index (κ3) is 5.11. The molecule has 2 rings (SSSR count). The van der Waals surface area contributed by atoms with Crippen LogP contribution in [0.25, 0.3) is 11.0 Å². The second-order valence-electron chi connectivity index (χ2n) is 6.63. The van der Waals surface area contributed by atoms with Crippen molar-refractivity contribution in [2.45, 2.75) is 46.6 Å². The van der Waals surface area contributed by atoms with Crippen LogP contribution >= 0.6 is 0 Å². The van der Waals surface area contributed by atoms with Crippen molar-refractivity contribution in [1.29, 1.82) is 0 Å². The number of benzene rings is 1. The Labute approximate surface area is 142 Å². The number of hydrogen-bond acceptors (Lipinski definition) is 4. The second-order valence-corrected chi connectivity index (χ2v) is 6.63. The fourth-order valence-corrected chi connectivity index (χ4v) is 2.52. The van der Waals surface area contributed by atoms with Crippen LogP contribution in [0.15, 0.2) is 33.5 Å². The van der Waals surface area contributed by atoms with Crippen molar-refractivity contribution in [3.63, 3.8) is 0 Å². The Morgan fingerprint density at radius 3 is 2.67 bits per heavy atom. The van der Waals surface area contributed by atoms with E-state index >= 15 is 0 Å². The summed E-state index contributed by atoms with van der Waals surface area (Å²) < 4.78 is 10.7. The largest absolute Gasteiger partial charge is 0.484 e. The molecule has 0 fully saturated rings. The Kier molecular flexibility index (Phi) is 6.01. The number of carbonyl (C=O) groups excluding carboxylic acids is 1. The zero-order valence-electron chi connectivity index (χ0n) is 14.7. The van der Waals surface area contributed by atoms with Gasteiger partial charge in [0.1, 0.15) is 11.3 Å². The molecule has 2 aromatic rings. The molecular weight excluding hydrogens is 306 g/mol. The summed E-state index contributed by atoms with van der Waals surface area (Å²) in [5.41, 5.74) is 0.918. The molecule has 5 nitrogen and oxygen atoms in total. The van der Waals surface area contributed by atoms with Gasteiger partial charge in [-0.3, -0.25) is 4.79 Å². The summed E-state index contributed by atoms with van der Waals surface area (Å²) in [4.78, 5) is 23.4. The van der Waals surface area contributed by atoms with E-state index in [4.69, 9.17) is 9.15 Å². The van der Waals surface area contributed by atoms with Crippen molar-refractivity contribution in [1.82, 2.24) is 5.32 Å². The maximum absolute atomic E-state index is 11.9. The van der Waals surface area contributed by atoms with E-state index in [1.165, 1.54) is 6.07 Å². The van der Waals surface area contributed by atoms with Crippen LogP contribution < -0.4 is 15.7 Å². The van der Waals surface area contributed by atoms with Crippen LogP contribution in [0.5, 0.6) is 5.75 Å². The van der Waals surface area contributed by atoms with Crippen LogP contribution in [0.2, 0.25) is 0 Å². The first-order valence-corrected chi connectivity index (χ1v) is 8.32. The lowest BCUT2D eigenvalue weighted by atomic mass is 10.0. The SMILES string of the molecule is Cc1cc(=O)oc2cc(OCC(=O)NC(C)CCC(C)C)ccc12. The van der Waals surface area contributed by atoms with E-state index in [9.17, 15) is 9.59 Å². The number of fused-ring (bicyclic) bond motifs is 1. The third-order valence-electron chi connectivity index (χ3n) is 3.88. The van der Waals surface area contributed by atoms with E-state index in [2.05, 4.69) is 19.2 Å². The van der Waals surface area contributed by atoms with Gasteiger partial charge in [0, 0.05) is 23.6 Å².